The van der Waals surface area contributed by atoms with E-state index in [-0.39, 0.29) is 0 Å². The maximum absolute atomic E-state index is 10.5. The van der Waals surface area contributed by atoms with Gasteiger partial charge in [0.25, 0.3) is 0 Å². The summed E-state index contributed by atoms with van der Waals surface area (Å²) in [5, 5.41) is 23.4. The number of hydrogen-bond acceptors (Lipinski definition) is 2. The molecule has 230 valence electrons. The molecule has 0 amide bonds. The standard InChI is InChI=1S/C45H30N4/c1-2-3-4-13-34-30-48(41-21-8-5-17-36(34)41)35-16-11-14-32(27-35)45-33(29-47)15-12-20-39(45)37-18-6-9-22-42(37)49-43-23-10-7-19-38(43)40-26-31(28-46)24-25-44(40)49/h2-27,30H,1H3/b3-2-,13-4-. The maximum Gasteiger partial charge on any atom is 0.0998 e. The van der Waals surface area contributed by atoms with Crippen molar-refractivity contribution in [3.63, 3.8) is 0 Å². The normalized spacial score (nSPS) is 11.6. The van der Waals surface area contributed by atoms with E-state index in [1.54, 1.807) is 0 Å². The second-order valence-electron chi connectivity index (χ2n) is 12.0. The van der Waals surface area contributed by atoms with Crippen molar-refractivity contribution in [2.45, 2.75) is 6.92 Å². The molecule has 0 aliphatic heterocycles. The van der Waals surface area contributed by atoms with Crippen LogP contribution >= 0.6 is 0 Å². The molecule has 0 atom stereocenters. The highest BCUT2D eigenvalue weighted by molar-refractivity contribution is 6.10. The summed E-state index contributed by atoms with van der Waals surface area (Å²) in [7, 11) is 0. The molecule has 2 heterocycles. The number of allylic oxidation sites excluding steroid dienone is 3. The summed E-state index contributed by atoms with van der Waals surface area (Å²) < 4.78 is 4.50. The monoisotopic (exact) mass is 626 g/mol. The Hall–Kier alpha value is -6.88. The summed E-state index contributed by atoms with van der Waals surface area (Å²) in [5.41, 5.74) is 11.4. The zero-order chi connectivity index (χ0) is 33.3. The Morgan fingerprint density at radius 3 is 2.16 bits per heavy atom. The van der Waals surface area contributed by atoms with Crippen molar-refractivity contribution in [2.75, 3.05) is 0 Å². The lowest BCUT2D eigenvalue weighted by Gasteiger charge is -2.18. The third-order valence-corrected chi connectivity index (χ3v) is 9.16. The molecule has 0 bridgehead atoms. The van der Waals surface area contributed by atoms with Crippen LogP contribution in [0.3, 0.4) is 0 Å². The average Bonchev–Trinajstić information content (AvgIpc) is 3.70. The highest BCUT2D eigenvalue weighted by atomic mass is 15.0. The summed E-state index contributed by atoms with van der Waals surface area (Å²) in [4.78, 5) is 0. The van der Waals surface area contributed by atoms with Crippen LogP contribution in [0, 0.1) is 22.7 Å². The Labute approximate surface area is 285 Å². The highest BCUT2D eigenvalue weighted by Gasteiger charge is 2.20. The Morgan fingerprint density at radius 1 is 0.592 bits per heavy atom. The van der Waals surface area contributed by atoms with Gasteiger partial charge < -0.3 is 9.13 Å². The molecule has 8 aromatic rings. The van der Waals surface area contributed by atoms with E-state index in [9.17, 15) is 10.5 Å². The number of aromatic nitrogens is 2. The van der Waals surface area contributed by atoms with Crippen LogP contribution in [0.15, 0.2) is 158 Å². The molecule has 4 heteroatoms. The van der Waals surface area contributed by atoms with E-state index in [1.165, 1.54) is 5.39 Å². The fourth-order valence-corrected chi connectivity index (χ4v) is 7.01. The number of hydrogen-bond donors (Lipinski definition) is 0. The lowest BCUT2D eigenvalue weighted by Crippen LogP contribution is -1.99. The molecular weight excluding hydrogens is 597 g/mol. The molecule has 8 rings (SSSR count). The van der Waals surface area contributed by atoms with Crippen LogP contribution in [0.5, 0.6) is 0 Å². The Balaban J connectivity index is 1.34. The van der Waals surface area contributed by atoms with Crippen molar-refractivity contribution in [2.24, 2.45) is 0 Å². The molecule has 0 fully saturated rings. The molecule has 49 heavy (non-hydrogen) atoms. The summed E-state index contributed by atoms with van der Waals surface area (Å²) in [6, 6.07) is 50.2. The lowest BCUT2D eigenvalue weighted by atomic mass is 9.90. The van der Waals surface area contributed by atoms with E-state index >= 15 is 0 Å². The largest absolute Gasteiger partial charge is 0.316 e. The molecule has 0 N–H and O–H groups in total. The summed E-state index contributed by atoms with van der Waals surface area (Å²) in [6.45, 7) is 2.01. The molecule has 0 radical (unpaired) electrons. The van der Waals surface area contributed by atoms with Gasteiger partial charge in [-0.3, -0.25) is 0 Å². The van der Waals surface area contributed by atoms with Gasteiger partial charge in [0, 0.05) is 44.7 Å². The molecule has 0 aliphatic rings. The molecule has 6 aromatic carbocycles. The van der Waals surface area contributed by atoms with Crippen LogP contribution in [0.4, 0.5) is 0 Å². The first-order chi connectivity index (χ1) is 24.2. The van der Waals surface area contributed by atoms with Crippen molar-refractivity contribution in [1.82, 2.24) is 9.13 Å². The fourth-order valence-electron chi connectivity index (χ4n) is 7.01. The van der Waals surface area contributed by atoms with Gasteiger partial charge in [-0.25, -0.2) is 0 Å². The minimum Gasteiger partial charge on any atom is -0.316 e. The van der Waals surface area contributed by atoms with Gasteiger partial charge >= 0.3 is 0 Å². The molecule has 2 aromatic heterocycles. The summed E-state index contributed by atoms with van der Waals surface area (Å²) in [6.07, 6.45) is 10.4. The Bertz CT molecular complexity index is 2700. The van der Waals surface area contributed by atoms with Crippen molar-refractivity contribution in [3.8, 4) is 45.8 Å². The maximum atomic E-state index is 10.5. The SMILES string of the molecule is C/C=C\C=C/c1cn(-c2cccc(-c3c(C#N)cccc3-c3ccccc3-n3c4ccccc4c4cc(C#N)ccc43)c2)c2ccccc12. The second-order valence-corrected chi connectivity index (χ2v) is 12.0. The van der Waals surface area contributed by atoms with Gasteiger partial charge in [0.15, 0.2) is 0 Å². The third kappa shape index (κ3) is 5.01. The van der Waals surface area contributed by atoms with Gasteiger partial charge in [0.05, 0.1) is 45.5 Å². The highest BCUT2D eigenvalue weighted by Crippen LogP contribution is 2.41. The first kappa shape index (κ1) is 29.5. The van der Waals surface area contributed by atoms with Crippen molar-refractivity contribution in [1.29, 1.82) is 10.5 Å². The number of para-hydroxylation sites is 3. The predicted octanol–water partition coefficient (Wildman–Crippen LogP) is 11.4. The van der Waals surface area contributed by atoms with Gasteiger partial charge in [0.2, 0.25) is 0 Å². The molecule has 0 aliphatic carbocycles. The smallest absolute Gasteiger partial charge is 0.0998 e. The average molecular weight is 627 g/mol. The first-order valence-electron chi connectivity index (χ1n) is 16.3. The number of rotatable bonds is 6. The Kier molecular flexibility index (Phi) is 7.46. The van der Waals surface area contributed by atoms with E-state index in [4.69, 9.17) is 0 Å². The van der Waals surface area contributed by atoms with E-state index in [2.05, 4.69) is 131 Å². The third-order valence-electron chi connectivity index (χ3n) is 9.16. The minimum absolute atomic E-state index is 0.609. The van der Waals surface area contributed by atoms with E-state index in [1.807, 2.05) is 61.5 Å². The van der Waals surface area contributed by atoms with Crippen molar-refractivity contribution in [3.05, 3.63) is 175 Å². The number of fused-ring (bicyclic) bond motifs is 4. The molecule has 0 saturated carbocycles. The zero-order valence-electron chi connectivity index (χ0n) is 26.9. The number of benzene rings is 6. The quantitative estimate of drug-likeness (QED) is 0.172. The van der Waals surface area contributed by atoms with Gasteiger partial charge in [-0.15, -0.1) is 0 Å². The molecule has 0 saturated heterocycles. The van der Waals surface area contributed by atoms with E-state index in [0.29, 0.717) is 11.1 Å². The van der Waals surface area contributed by atoms with Gasteiger partial charge in [-0.2, -0.15) is 10.5 Å². The fraction of sp³-hybridized carbons (Fsp3) is 0.0222. The lowest BCUT2D eigenvalue weighted by molar-refractivity contribution is 1.13. The van der Waals surface area contributed by atoms with Crippen LogP contribution in [-0.4, -0.2) is 9.13 Å². The summed E-state index contributed by atoms with van der Waals surface area (Å²) >= 11 is 0. The van der Waals surface area contributed by atoms with Gasteiger partial charge in [-0.1, -0.05) is 103 Å². The van der Waals surface area contributed by atoms with Crippen LogP contribution in [0.25, 0.3) is 72.4 Å². The van der Waals surface area contributed by atoms with Crippen LogP contribution in [0.2, 0.25) is 0 Å². The number of nitrogens with zero attached hydrogens (tertiary/aromatic N) is 4. The molecular formula is C45H30N4. The first-order valence-corrected chi connectivity index (χ1v) is 16.3. The van der Waals surface area contributed by atoms with Crippen molar-refractivity contribution < 1.29 is 0 Å². The summed E-state index contributed by atoms with van der Waals surface area (Å²) in [5.74, 6) is 0. The van der Waals surface area contributed by atoms with E-state index in [0.717, 1.165) is 66.5 Å². The zero-order valence-corrected chi connectivity index (χ0v) is 26.9. The Morgan fingerprint density at radius 2 is 1.33 bits per heavy atom. The molecule has 0 spiro atoms. The topological polar surface area (TPSA) is 57.4 Å². The van der Waals surface area contributed by atoms with Crippen LogP contribution < -0.4 is 0 Å². The second kappa shape index (κ2) is 12.4. The van der Waals surface area contributed by atoms with Crippen LogP contribution in [0.1, 0.15) is 23.6 Å². The van der Waals surface area contributed by atoms with Crippen molar-refractivity contribution >= 4 is 38.8 Å². The molecule has 4 nitrogen and oxygen atoms in total. The number of nitriles is 2. The van der Waals surface area contributed by atoms with Crippen LogP contribution in [-0.2, 0) is 0 Å². The molecule has 0 unspecified atom stereocenters. The predicted molar refractivity (Wildman–Crippen MR) is 202 cm³/mol. The van der Waals surface area contributed by atoms with E-state index < -0.39 is 0 Å². The minimum atomic E-state index is 0.609. The van der Waals surface area contributed by atoms with Gasteiger partial charge in [-0.05, 0) is 72.6 Å². The van der Waals surface area contributed by atoms with Gasteiger partial charge in [0.1, 0.15) is 0 Å².